The number of sulfonamides is 1. The molecule has 0 aliphatic carbocycles. The lowest BCUT2D eigenvalue weighted by molar-refractivity contribution is 0.103. The quantitative estimate of drug-likeness (QED) is 0.557. The number of carbonyl (C=O) groups is 1. The second kappa shape index (κ2) is 8.63. The number of aliphatic hydroxyl groups is 1. The third kappa shape index (κ3) is 4.93. The number of hydrogen-bond acceptors (Lipinski definition) is 4. The van der Waals surface area contributed by atoms with Crippen LogP contribution in [0.25, 0.3) is 0 Å². The van der Waals surface area contributed by atoms with Crippen molar-refractivity contribution in [1.82, 2.24) is 4.57 Å². The van der Waals surface area contributed by atoms with E-state index in [0.29, 0.717) is 23.4 Å². The highest BCUT2D eigenvalue weighted by molar-refractivity contribution is 7.92. The monoisotopic (exact) mass is 412 g/mol. The predicted molar refractivity (Wildman–Crippen MR) is 114 cm³/mol. The normalized spacial score (nSPS) is 11.4. The van der Waals surface area contributed by atoms with Gasteiger partial charge in [-0.3, -0.25) is 9.52 Å². The molecule has 0 bridgehead atoms. The lowest BCUT2D eigenvalue weighted by atomic mass is 10.1. The zero-order valence-electron chi connectivity index (χ0n) is 16.4. The number of nitrogens with one attached hydrogen (secondary N) is 1. The number of aliphatic hydroxyl groups excluding tert-OH is 1. The van der Waals surface area contributed by atoms with E-state index in [1.807, 2.05) is 67.1 Å². The summed E-state index contributed by atoms with van der Waals surface area (Å²) in [6.45, 7) is 1.50. The van der Waals surface area contributed by atoms with E-state index < -0.39 is 16.6 Å². The maximum absolute atomic E-state index is 12.9. The van der Waals surface area contributed by atoms with Crippen LogP contribution >= 0.6 is 0 Å². The zero-order chi connectivity index (χ0) is 21.0. The molecule has 0 saturated heterocycles. The molecule has 2 aromatic carbocycles. The lowest BCUT2D eigenvalue weighted by Crippen LogP contribution is -2.18. The van der Waals surface area contributed by atoms with E-state index in [9.17, 15) is 13.2 Å². The minimum Gasteiger partial charge on any atom is -0.395 e. The van der Waals surface area contributed by atoms with Crippen LogP contribution in [0.1, 0.15) is 32.9 Å². The highest BCUT2D eigenvalue weighted by Gasteiger charge is 2.18. The number of nitrogens with zero attached hydrogens (tertiary/aromatic N) is 1. The summed E-state index contributed by atoms with van der Waals surface area (Å²) in [5, 5.41) is 8.80. The molecule has 0 amide bonds. The van der Waals surface area contributed by atoms with Crippen LogP contribution in [0.15, 0.2) is 60.7 Å². The van der Waals surface area contributed by atoms with E-state index in [1.165, 1.54) is 0 Å². The van der Waals surface area contributed by atoms with Crippen LogP contribution < -0.4 is 4.72 Å². The smallest absolute Gasteiger partial charge is 0.234 e. The summed E-state index contributed by atoms with van der Waals surface area (Å²) < 4.78 is 27.8. The fraction of sp³-hybridized carbons (Fsp3) is 0.227. The third-order valence-corrected chi connectivity index (χ3v) is 6.01. The van der Waals surface area contributed by atoms with Crippen LogP contribution in [-0.4, -0.2) is 36.2 Å². The predicted octanol–water partition coefficient (Wildman–Crippen LogP) is 2.89. The molecule has 0 spiro atoms. The molecule has 3 rings (SSSR count). The second-order valence-electron chi connectivity index (χ2n) is 6.94. The van der Waals surface area contributed by atoms with Crippen molar-refractivity contribution in [3.8, 4) is 0 Å². The number of aromatic nitrogens is 1. The Morgan fingerprint density at radius 3 is 2.34 bits per heavy atom. The first kappa shape index (κ1) is 20.8. The van der Waals surface area contributed by atoms with Gasteiger partial charge in [-0.15, -0.1) is 0 Å². The Morgan fingerprint density at radius 1 is 1.07 bits per heavy atom. The van der Waals surface area contributed by atoms with Crippen LogP contribution in [0.2, 0.25) is 0 Å². The van der Waals surface area contributed by atoms with E-state index >= 15 is 0 Å². The second-order valence-corrected chi connectivity index (χ2v) is 8.78. The Bertz CT molecular complexity index is 1100. The molecule has 0 unspecified atom stereocenters. The summed E-state index contributed by atoms with van der Waals surface area (Å²) in [7, 11) is -1.66. The standard InChI is InChI=1S/C22H24N2O4S/c1-16-14-20(24(2)21(16)22(26)18-6-4-3-5-7-18)15-17-8-10-19(11-9-17)23-29(27,28)13-12-25/h3-11,14,23,25H,12-13,15H2,1-2H3. The highest BCUT2D eigenvalue weighted by atomic mass is 32.2. The summed E-state index contributed by atoms with van der Waals surface area (Å²) >= 11 is 0. The average Bonchev–Trinajstić information content (AvgIpc) is 2.96. The third-order valence-electron chi connectivity index (χ3n) is 4.75. The van der Waals surface area contributed by atoms with Crippen molar-refractivity contribution in [3.05, 3.63) is 88.7 Å². The van der Waals surface area contributed by atoms with Crippen molar-refractivity contribution < 1.29 is 18.3 Å². The highest BCUT2D eigenvalue weighted by Crippen LogP contribution is 2.21. The van der Waals surface area contributed by atoms with Crippen LogP contribution in [0.3, 0.4) is 0 Å². The molecule has 6 nitrogen and oxygen atoms in total. The minimum absolute atomic E-state index is 0.00881. The van der Waals surface area contributed by atoms with E-state index in [-0.39, 0.29) is 11.5 Å². The molecule has 2 N–H and O–H groups in total. The fourth-order valence-electron chi connectivity index (χ4n) is 3.30. The van der Waals surface area contributed by atoms with Gasteiger partial charge in [-0.25, -0.2) is 8.42 Å². The number of ketones is 1. The molecule has 0 fully saturated rings. The van der Waals surface area contributed by atoms with E-state index in [4.69, 9.17) is 5.11 Å². The van der Waals surface area contributed by atoms with E-state index in [2.05, 4.69) is 4.72 Å². The number of carbonyl (C=O) groups excluding carboxylic acids is 1. The van der Waals surface area contributed by atoms with Gasteiger partial charge in [0.05, 0.1) is 18.1 Å². The van der Waals surface area contributed by atoms with E-state index in [0.717, 1.165) is 16.8 Å². The molecule has 0 aliphatic rings. The Kier molecular flexibility index (Phi) is 6.20. The minimum atomic E-state index is -3.54. The molecule has 0 atom stereocenters. The van der Waals surface area contributed by atoms with Gasteiger partial charge in [0.1, 0.15) is 0 Å². The molecule has 0 aliphatic heterocycles. The Hall–Kier alpha value is -2.90. The van der Waals surface area contributed by atoms with Gasteiger partial charge in [0.2, 0.25) is 15.8 Å². The van der Waals surface area contributed by atoms with Crippen LogP contribution in [0, 0.1) is 6.92 Å². The van der Waals surface area contributed by atoms with Crippen molar-refractivity contribution >= 4 is 21.5 Å². The van der Waals surface area contributed by atoms with Gasteiger partial charge < -0.3 is 9.67 Å². The maximum atomic E-state index is 12.9. The summed E-state index contributed by atoms with van der Waals surface area (Å²) in [4.78, 5) is 12.9. The number of aryl methyl sites for hydroxylation is 1. The molecule has 0 radical (unpaired) electrons. The van der Waals surface area contributed by atoms with Gasteiger partial charge in [0.15, 0.2) is 0 Å². The molecular formula is C22H24N2O4S. The number of anilines is 1. The first-order valence-electron chi connectivity index (χ1n) is 9.26. The summed E-state index contributed by atoms with van der Waals surface area (Å²) in [5.74, 6) is -0.347. The van der Waals surface area contributed by atoms with Gasteiger partial charge in [-0.1, -0.05) is 42.5 Å². The lowest BCUT2D eigenvalue weighted by Gasteiger charge is -2.10. The Labute approximate surface area is 170 Å². The molecule has 1 aromatic heterocycles. The van der Waals surface area contributed by atoms with Crippen molar-refractivity contribution in [1.29, 1.82) is 0 Å². The topological polar surface area (TPSA) is 88.4 Å². The maximum Gasteiger partial charge on any atom is 0.234 e. The SMILES string of the molecule is Cc1cc(Cc2ccc(NS(=O)(=O)CCO)cc2)n(C)c1C(=O)c1ccccc1. The van der Waals surface area contributed by atoms with Crippen molar-refractivity contribution in [2.24, 2.45) is 7.05 Å². The molecule has 29 heavy (non-hydrogen) atoms. The van der Waals surface area contributed by atoms with E-state index in [1.54, 1.807) is 12.1 Å². The average molecular weight is 413 g/mol. The summed E-state index contributed by atoms with van der Waals surface area (Å²) in [6, 6.07) is 18.3. The van der Waals surface area contributed by atoms with Gasteiger partial charge in [0.25, 0.3) is 0 Å². The zero-order valence-corrected chi connectivity index (χ0v) is 17.2. The van der Waals surface area contributed by atoms with Crippen LogP contribution in [-0.2, 0) is 23.5 Å². The van der Waals surface area contributed by atoms with Crippen molar-refractivity contribution in [2.45, 2.75) is 13.3 Å². The largest absolute Gasteiger partial charge is 0.395 e. The number of rotatable bonds is 8. The number of hydrogen-bond donors (Lipinski definition) is 2. The molecular weight excluding hydrogens is 388 g/mol. The Morgan fingerprint density at radius 2 is 1.72 bits per heavy atom. The molecule has 1 heterocycles. The molecule has 0 saturated carbocycles. The summed E-state index contributed by atoms with van der Waals surface area (Å²) in [5.41, 5.74) is 4.68. The molecule has 7 heteroatoms. The van der Waals surface area contributed by atoms with Crippen molar-refractivity contribution in [2.75, 3.05) is 17.1 Å². The molecule has 152 valence electrons. The Balaban J connectivity index is 1.78. The molecule has 3 aromatic rings. The first-order chi connectivity index (χ1) is 13.8. The van der Waals surface area contributed by atoms with Gasteiger partial charge >= 0.3 is 0 Å². The van der Waals surface area contributed by atoms with Crippen LogP contribution in [0.5, 0.6) is 0 Å². The number of benzene rings is 2. The van der Waals surface area contributed by atoms with Crippen molar-refractivity contribution in [3.63, 3.8) is 0 Å². The van der Waals surface area contributed by atoms with Gasteiger partial charge in [-0.05, 0) is 36.2 Å². The summed E-state index contributed by atoms with van der Waals surface area (Å²) in [6.07, 6.45) is 0.614. The van der Waals surface area contributed by atoms with Gasteiger partial charge in [-0.2, -0.15) is 0 Å². The van der Waals surface area contributed by atoms with Gasteiger partial charge in [0, 0.05) is 30.4 Å². The first-order valence-corrected chi connectivity index (χ1v) is 10.9. The van der Waals surface area contributed by atoms with Crippen LogP contribution in [0.4, 0.5) is 5.69 Å². The fourth-order valence-corrected chi connectivity index (χ4v) is 4.14.